The van der Waals surface area contributed by atoms with Crippen LogP contribution in [-0.2, 0) is 6.42 Å². The Balaban J connectivity index is 1.77. The summed E-state index contributed by atoms with van der Waals surface area (Å²) in [5.74, 6) is 0.788. The van der Waals surface area contributed by atoms with Gasteiger partial charge in [0.05, 0.1) is 0 Å². The molecule has 0 aromatic heterocycles. The van der Waals surface area contributed by atoms with Crippen molar-refractivity contribution in [2.24, 2.45) is 5.92 Å². The van der Waals surface area contributed by atoms with Crippen molar-refractivity contribution in [1.82, 2.24) is 5.32 Å². The summed E-state index contributed by atoms with van der Waals surface area (Å²) in [6.45, 7) is 7.96. The molecule has 0 spiro atoms. The lowest BCUT2D eigenvalue weighted by Gasteiger charge is -2.13. The Labute approximate surface area is 106 Å². The summed E-state index contributed by atoms with van der Waals surface area (Å²) < 4.78 is 0. The lowest BCUT2D eigenvalue weighted by Crippen LogP contribution is -2.23. The standard InChI is InChI=1S/C16H25N/c1-12-4-6-14(3)15(10-12)7-5-13(2)11-17-16-8-9-16/h4,6,10,13,16-17H,5,7-9,11H2,1-3H3. The Kier molecular flexibility index (Phi) is 4.22. The van der Waals surface area contributed by atoms with Gasteiger partial charge in [-0.15, -0.1) is 0 Å². The second kappa shape index (κ2) is 5.68. The Morgan fingerprint density at radius 2 is 2.06 bits per heavy atom. The maximum atomic E-state index is 3.62. The van der Waals surface area contributed by atoms with Gasteiger partial charge >= 0.3 is 0 Å². The first-order chi connectivity index (χ1) is 8.15. The van der Waals surface area contributed by atoms with Gasteiger partial charge < -0.3 is 5.32 Å². The Morgan fingerprint density at radius 3 is 2.76 bits per heavy atom. The lowest BCUT2D eigenvalue weighted by molar-refractivity contribution is 0.479. The second-order valence-corrected chi connectivity index (χ2v) is 5.76. The van der Waals surface area contributed by atoms with Gasteiger partial charge in [-0.25, -0.2) is 0 Å². The molecule has 1 aliphatic rings. The van der Waals surface area contributed by atoms with Crippen molar-refractivity contribution in [2.75, 3.05) is 6.54 Å². The summed E-state index contributed by atoms with van der Waals surface area (Å²) in [4.78, 5) is 0. The van der Waals surface area contributed by atoms with E-state index in [1.807, 2.05) is 0 Å². The molecule has 1 aromatic rings. The molecular formula is C16H25N. The number of benzene rings is 1. The number of hydrogen-bond donors (Lipinski definition) is 1. The molecule has 1 heteroatoms. The van der Waals surface area contributed by atoms with Crippen molar-refractivity contribution in [1.29, 1.82) is 0 Å². The van der Waals surface area contributed by atoms with E-state index in [0.717, 1.165) is 12.0 Å². The number of hydrogen-bond acceptors (Lipinski definition) is 1. The zero-order valence-electron chi connectivity index (χ0n) is 11.4. The predicted molar refractivity (Wildman–Crippen MR) is 74.4 cm³/mol. The van der Waals surface area contributed by atoms with Crippen LogP contribution in [0.15, 0.2) is 18.2 Å². The van der Waals surface area contributed by atoms with Crippen LogP contribution in [0.25, 0.3) is 0 Å². The third-order valence-electron chi connectivity index (χ3n) is 3.74. The van der Waals surface area contributed by atoms with Gasteiger partial charge in [-0.2, -0.15) is 0 Å². The van der Waals surface area contributed by atoms with Crippen LogP contribution in [0.2, 0.25) is 0 Å². The first kappa shape index (κ1) is 12.6. The number of rotatable bonds is 6. The fraction of sp³-hybridized carbons (Fsp3) is 0.625. The van der Waals surface area contributed by atoms with E-state index >= 15 is 0 Å². The molecule has 1 atom stereocenters. The van der Waals surface area contributed by atoms with Gasteiger partial charge in [0.25, 0.3) is 0 Å². The summed E-state index contributed by atoms with van der Waals surface area (Å²) in [5.41, 5.74) is 4.36. The minimum absolute atomic E-state index is 0.788. The highest BCUT2D eigenvalue weighted by atomic mass is 14.9. The fourth-order valence-corrected chi connectivity index (χ4v) is 2.23. The smallest absolute Gasteiger partial charge is 0.00683 e. The van der Waals surface area contributed by atoms with Crippen molar-refractivity contribution < 1.29 is 0 Å². The average Bonchev–Trinajstić information content (AvgIpc) is 3.11. The zero-order chi connectivity index (χ0) is 12.3. The molecule has 1 nitrogen and oxygen atoms in total. The van der Waals surface area contributed by atoms with Crippen molar-refractivity contribution in [3.05, 3.63) is 34.9 Å². The molecule has 94 valence electrons. The zero-order valence-corrected chi connectivity index (χ0v) is 11.4. The van der Waals surface area contributed by atoms with Crippen molar-refractivity contribution in [3.8, 4) is 0 Å². The molecular weight excluding hydrogens is 206 g/mol. The number of aryl methyl sites for hydroxylation is 3. The van der Waals surface area contributed by atoms with Gasteiger partial charge in [-0.1, -0.05) is 30.7 Å². The Bertz CT molecular complexity index is 366. The van der Waals surface area contributed by atoms with Gasteiger partial charge in [-0.3, -0.25) is 0 Å². The van der Waals surface area contributed by atoms with Crippen LogP contribution >= 0.6 is 0 Å². The highest BCUT2D eigenvalue weighted by Crippen LogP contribution is 2.20. The van der Waals surface area contributed by atoms with Crippen LogP contribution < -0.4 is 5.32 Å². The maximum Gasteiger partial charge on any atom is 0.00683 e. The Morgan fingerprint density at radius 1 is 1.29 bits per heavy atom. The first-order valence-electron chi connectivity index (χ1n) is 6.94. The molecule has 2 rings (SSSR count). The molecule has 1 aromatic carbocycles. The summed E-state index contributed by atoms with van der Waals surface area (Å²) in [6.07, 6.45) is 5.30. The van der Waals surface area contributed by atoms with Crippen molar-refractivity contribution in [2.45, 2.75) is 52.5 Å². The van der Waals surface area contributed by atoms with Crippen LogP contribution in [0, 0.1) is 19.8 Å². The van der Waals surface area contributed by atoms with E-state index < -0.39 is 0 Å². The second-order valence-electron chi connectivity index (χ2n) is 5.76. The normalized spacial score (nSPS) is 17.1. The van der Waals surface area contributed by atoms with Gasteiger partial charge in [0, 0.05) is 6.04 Å². The monoisotopic (exact) mass is 231 g/mol. The van der Waals surface area contributed by atoms with Crippen LogP contribution in [-0.4, -0.2) is 12.6 Å². The average molecular weight is 231 g/mol. The highest BCUT2D eigenvalue weighted by molar-refractivity contribution is 5.30. The molecule has 0 heterocycles. The largest absolute Gasteiger partial charge is 0.314 e. The van der Waals surface area contributed by atoms with Gasteiger partial charge in [0.2, 0.25) is 0 Å². The lowest BCUT2D eigenvalue weighted by atomic mass is 9.96. The summed E-state index contributed by atoms with van der Waals surface area (Å²) in [6, 6.07) is 7.64. The van der Waals surface area contributed by atoms with E-state index in [1.165, 1.54) is 48.9 Å². The molecule has 0 saturated heterocycles. The van der Waals surface area contributed by atoms with Crippen LogP contribution in [0.1, 0.15) is 42.9 Å². The quantitative estimate of drug-likeness (QED) is 0.788. The summed E-state index contributed by atoms with van der Waals surface area (Å²) >= 11 is 0. The van der Waals surface area contributed by atoms with E-state index in [-0.39, 0.29) is 0 Å². The molecule has 1 aliphatic carbocycles. The predicted octanol–water partition coefficient (Wildman–Crippen LogP) is 3.62. The van der Waals surface area contributed by atoms with Gasteiger partial charge in [0.15, 0.2) is 0 Å². The summed E-state index contributed by atoms with van der Waals surface area (Å²) in [5, 5.41) is 3.62. The third kappa shape index (κ3) is 4.16. The minimum atomic E-state index is 0.788. The minimum Gasteiger partial charge on any atom is -0.314 e. The fourth-order valence-electron chi connectivity index (χ4n) is 2.23. The van der Waals surface area contributed by atoms with E-state index in [2.05, 4.69) is 44.3 Å². The van der Waals surface area contributed by atoms with Gasteiger partial charge in [0.1, 0.15) is 0 Å². The molecule has 0 radical (unpaired) electrons. The molecule has 17 heavy (non-hydrogen) atoms. The molecule has 1 unspecified atom stereocenters. The topological polar surface area (TPSA) is 12.0 Å². The molecule has 1 fully saturated rings. The van der Waals surface area contributed by atoms with Crippen molar-refractivity contribution >= 4 is 0 Å². The molecule has 1 saturated carbocycles. The van der Waals surface area contributed by atoms with E-state index in [0.29, 0.717) is 0 Å². The molecule has 1 N–H and O–H groups in total. The SMILES string of the molecule is Cc1ccc(C)c(CCC(C)CNC2CC2)c1. The third-order valence-corrected chi connectivity index (χ3v) is 3.74. The highest BCUT2D eigenvalue weighted by Gasteiger charge is 2.20. The molecule has 0 aliphatic heterocycles. The van der Waals surface area contributed by atoms with Crippen LogP contribution in [0.4, 0.5) is 0 Å². The number of nitrogens with one attached hydrogen (secondary N) is 1. The first-order valence-corrected chi connectivity index (χ1v) is 6.94. The van der Waals surface area contributed by atoms with E-state index in [4.69, 9.17) is 0 Å². The molecule has 0 amide bonds. The molecule has 0 bridgehead atoms. The van der Waals surface area contributed by atoms with E-state index in [1.54, 1.807) is 0 Å². The van der Waals surface area contributed by atoms with Gasteiger partial charge in [-0.05, 0) is 63.1 Å². The Hall–Kier alpha value is -0.820. The van der Waals surface area contributed by atoms with Crippen LogP contribution in [0.5, 0.6) is 0 Å². The van der Waals surface area contributed by atoms with Crippen molar-refractivity contribution in [3.63, 3.8) is 0 Å². The summed E-state index contributed by atoms with van der Waals surface area (Å²) in [7, 11) is 0. The van der Waals surface area contributed by atoms with E-state index in [9.17, 15) is 0 Å². The maximum absolute atomic E-state index is 3.62. The van der Waals surface area contributed by atoms with Crippen LogP contribution in [0.3, 0.4) is 0 Å².